The number of benzene rings is 2. The number of aromatic hydroxyl groups is 1. The maximum absolute atomic E-state index is 15.0. The number of likely N-dealkylation sites (tertiary alicyclic amines) is 1. The number of amides is 4. The fraction of sp³-hybridized carbons (Fsp3) is 0.537. The molecule has 2 aromatic carbocycles. The molecule has 2 fully saturated rings. The van der Waals surface area contributed by atoms with Crippen molar-refractivity contribution in [3.8, 4) is 28.7 Å². The Labute approximate surface area is 412 Å². The molecule has 4 aliphatic rings. The highest BCUT2D eigenvalue weighted by atomic mass is 16.5. The van der Waals surface area contributed by atoms with E-state index in [9.17, 15) is 29.1 Å². The normalized spacial score (nSPS) is 22.7. The number of phenols is 1. The molecule has 374 valence electrons. The minimum Gasteiger partial charge on any atom is -0.508 e. The van der Waals surface area contributed by atoms with E-state index in [2.05, 4.69) is 67.9 Å². The van der Waals surface area contributed by atoms with Crippen LogP contribution in [0.3, 0.4) is 0 Å². The van der Waals surface area contributed by atoms with Crippen LogP contribution in [0.15, 0.2) is 54.7 Å². The summed E-state index contributed by atoms with van der Waals surface area (Å²) in [6, 6.07) is 12.5. The van der Waals surface area contributed by atoms with Gasteiger partial charge in [-0.1, -0.05) is 51.8 Å². The molecule has 4 amide bonds. The van der Waals surface area contributed by atoms with Crippen molar-refractivity contribution in [3.63, 3.8) is 0 Å². The van der Waals surface area contributed by atoms with Gasteiger partial charge >= 0.3 is 17.8 Å². The van der Waals surface area contributed by atoms with E-state index in [-0.39, 0.29) is 55.6 Å². The average Bonchev–Trinajstić information content (AvgIpc) is 3.94. The maximum atomic E-state index is 15.0. The lowest BCUT2D eigenvalue weighted by Crippen LogP contribution is -2.61. The second kappa shape index (κ2) is 21.9. The molecule has 1 aromatic heterocycles. The Hall–Kier alpha value is -6.15. The van der Waals surface area contributed by atoms with Gasteiger partial charge in [0.15, 0.2) is 6.04 Å². The first kappa shape index (κ1) is 51.7. The number of nitrogens with one attached hydrogen (secondary N) is 1. The van der Waals surface area contributed by atoms with Crippen molar-refractivity contribution in [3.05, 3.63) is 77.1 Å². The largest absolute Gasteiger partial charge is 0.508 e. The maximum Gasteiger partial charge on any atom is 0.409 e. The van der Waals surface area contributed by atoms with Gasteiger partial charge in [-0.05, 0) is 122 Å². The Morgan fingerprint density at radius 3 is 2.54 bits per heavy atom. The molecule has 6 atom stereocenters. The summed E-state index contributed by atoms with van der Waals surface area (Å²) in [4.78, 5) is 83.0. The summed E-state index contributed by atoms with van der Waals surface area (Å²) >= 11 is 0. The lowest BCUT2D eigenvalue weighted by molar-refractivity contribution is -0.472. The number of fused-ring (bicyclic) bond motifs is 6. The van der Waals surface area contributed by atoms with Crippen molar-refractivity contribution in [2.75, 3.05) is 72.5 Å². The minimum absolute atomic E-state index is 0.0158. The highest BCUT2D eigenvalue weighted by Gasteiger charge is 2.47. The van der Waals surface area contributed by atoms with Crippen LogP contribution in [0, 0.1) is 29.1 Å². The van der Waals surface area contributed by atoms with Crippen molar-refractivity contribution in [1.29, 1.82) is 0 Å². The SMILES string of the molecule is C=[N+](C(=O)[C@H](C(C)C)N(C)C(=O)[C@H]1CCN(C(=O)C#CCN(C)C)C1)[C@H]1Cc2cc(O)cc(c2)-c2ccc3c(c2)C(CC(C)(C)COC(=O)[C@@H]2CCCN(N2)C1=O)C(c1cccnc1COC)N3CC. The van der Waals surface area contributed by atoms with Crippen LogP contribution < -0.4 is 10.3 Å². The molecule has 2 N–H and O–H groups in total. The van der Waals surface area contributed by atoms with Crippen molar-refractivity contribution in [2.24, 2.45) is 17.3 Å². The molecule has 3 aromatic rings. The molecule has 70 heavy (non-hydrogen) atoms. The van der Waals surface area contributed by atoms with Crippen LogP contribution in [0.25, 0.3) is 11.1 Å². The minimum atomic E-state index is -1.23. The molecule has 16 nitrogen and oxygen atoms in total. The average molecular weight is 960 g/mol. The predicted octanol–water partition coefficient (Wildman–Crippen LogP) is 4.78. The third-order valence-corrected chi connectivity index (χ3v) is 14.2. The zero-order chi connectivity index (χ0) is 50.6. The monoisotopic (exact) mass is 960 g/mol. The van der Waals surface area contributed by atoms with Gasteiger partial charge in [-0.25, -0.2) is 10.2 Å². The molecule has 5 heterocycles. The van der Waals surface area contributed by atoms with E-state index in [4.69, 9.17) is 14.5 Å². The fourth-order valence-corrected chi connectivity index (χ4v) is 10.8. The number of hydrazine groups is 1. The quantitative estimate of drug-likeness (QED) is 0.124. The van der Waals surface area contributed by atoms with Gasteiger partial charge in [-0.15, -0.1) is 0 Å². The zero-order valence-electron chi connectivity index (χ0n) is 42.4. The molecule has 16 heteroatoms. The number of anilines is 1. The third kappa shape index (κ3) is 11.2. The summed E-state index contributed by atoms with van der Waals surface area (Å²) in [5.74, 6) is 2.34. The summed E-state index contributed by atoms with van der Waals surface area (Å²) in [6.07, 6.45) is 3.74. The van der Waals surface area contributed by atoms with E-state index in [1.807, 2.05) is 51.0 Å². The number of hydrogen-bond acceptors (Lipinski definition) is 12. The lowest BCUT2D eigenvalue weighted by Gasteiger charge is -2.36. The van der Waals surface area contributed by atoms with Gasteiger partial charge in [-0.3, -0.25) is 34.1 Å². The van der Waals surface area contributed by atoms with Crippen LogP contribution in [0.4, 0.5) is 5.69 Å². The number of nitrogens with zero attached hydrogens (tertiary/aromatic N) is 7. The van der Waals surface area contributed by atoms with E-state index < -0.39 is 53.2 Å². The van der Waals surface area contributed by atoms with Crippen molar-refractivity contribution >= 4 is 42.0 Å². The number of phenolic OH excluding ortho intramolecular Hbond substituents is 1. The highest BCUT2D eigenvalue weighted by Crippen LogP contribution is 2.54. The van der Waals surface area contributed by atoms with E-state index >= 15 is 0 Å². The predicted molar refractivity (Wildman–Crippen MR) is 267 cm³/mol. The van der Waals surface area contributed by atoms with Crippen LogP contribution in [0.1, 0.15) is 94.6 Å². The number of likely N-dealkylation sites (N-methyl/N-ethyl adjacent to an activating group) is 2. The summed E-state index contributed by atoms with van der Waals surface area (Å²) < 4.78 is 12.9. The van der Waals surface area contributed by atoms with Gasteiger partial charge in [0.05, 0.1) is 37.4 Å². The summed E-state index contributed by atoms with van der Waals surface area (Å²) in [6.45, 7) is 16.7. The van der Waals surface area contributed by atoms with Gasteiger partial charge < -0.3 is 29.3 Å². The topological polar surface area (TPSA) is 168 Å². The molecular weight excluding hydrogens is 889 g/mol. The zero-order valence-corrected chi connectivity index (χ0v) is 42.4. The van der Waals surface area contributed by atoms with Gasteiger partial charge in [0.2, 0.25) is 11.9 Å². The second-order valence-electron chi connectivity index (χ2n) is 20.7. The number of hydrogen-bond donors (Lipinski definition) is 2. The Morgan fingerprint density at radius 2 is 1.83 bits per heavy atom. The van der Waals surface area contributed by atoms with Crippen LogP contribution >= 0.6 is 0 Å². The third-order valence-electron chi connectivity index (χ3n) is 14.2. The molecule has 0 spiro atoms. The van der Waals surface area contributed by atoms with Crippen LogP contribution in [-0.2, 0) is 46.5 Å². The number of cyclic esters (lactones) is 1. The van der Waals surface area contributed by atoms with Crippen molar-refractivity contribution in [2.45, 2.75) is 103 Å². The summed E-state index contributed by atoms with van der Waals surface area (Å²) in [7, 11) is 6.97. The number of ether oxygens (including phenoxy) is 2. The first-order valence-corrected chi connectivity index (χ1v) is 24.6. The van der Waals surface area contributed by atoms with Crippen LogP contribution in [-0.4, -0.2) is 156 Å². The van der Waals surface area contributed by atoms with E-state index in [1.54, 1.807) is 37.4 Å². The number of methoxy groups -OCH3 is 1. The summed E-state index contributed by atoms with van der Waals surface area (Å²) in [5, 5.41) is 12.8. The molecule has 0 radical (unpaired) electrons. The van der Waals surface area contributed by atoms with E-state index in [0.29, 0.717) is 50.9 Å². The van der Waals surface area contributed by atoms with Gasteiger partial charge in [0.1, 0.15) is 18.5 Å². The molecule has 2 unspecified atom stereocenters. The molecule has 0 aliphatic carbocycles. The molecular formula is C54H71N8O8+. The van der Waals surface area contributed by atoms with Gasteiger partial charge in [0.25, 0.3) is 5.91 Å². The molecule has 7 rings (SSSR count). The first-order valence-electron chi connectivity index (χ1n) is 24.6. The smallest absolute Gasteiger partial charge is 0.409 e. The van der Waals surface area contributed by atoms with E-state index in [1.165, 1.54) is 9.91 Å². The van der Waals surface area contributed by atoms with Gasteiger partial charge in [-0.2, -0.15) is 4.58 Å². The second-order valence-corrected chi connectivity index (χ2v) is 20.7. The lowest BCUT2D eigenvalue weighted by atomic mass is 9.76. The number of aromatic nitrogens is 1. The van der Waals surface area contributed by atoms with E-state index in [0.717, 1.165) is 44.8 Å². The Bertz CT molecular complexity index is 2550. The number of carbonyl (C=O) groups is 5. The Balaban J connectivity index is 1.25. The first-order chi connectivity index (χ1) is 33.3. The highest BCUT2D eigenvalue weighted by molar-refractivity contribution is 5.95. The summed E-state index contributed by atoms with van der Waals surface area (Å²) in [5.41, 5.74) is 8.89. The number of carbonyl (C=O) groups excluding carboxylic acids is 5. The molecule has 4 aliphatic heterocycles. The van der Waals surface area contributed by atoms with Crippen LogP contribution in [0.2, 0.25) is 0 Å². The number of rotatable bonds is 10. The number of pyridine rings is 1. The Morgan fingerprint density at radius 1 is 1.06 bits per heavy atom. The molecule has 0 saturated carbocycles. The molecule has 2 saturated heterocycles. The Kier molecular flexibility index (Phi) is 16.2. The number of esters is 1. The standard InChI is InChI=1S/C54H70N8O8/c1-11-61-45-19-18-36-29-41(45)42(49(61)40-15-12-21-55-44(40)32-69-10)30-54(4,5)33-70-53(68)43-16-13-23-62(56-43)51(66)46(27-35-25-38(36)28-39(63)26-35)58(8)52(67)48(34(2)3)59(9)50(65)37-20-24-60(31-37)47(64)17-14-22-57(6)7/h12,15,18-19,21,25-26,28-29,34,37,42-43,46,48-49,56H,8,11,13,16,20,22-24,27,30-33H2,1-7,9-10H3/p+1/t37-,42?,43-,46-,48-,49?/m0/s1. The fourth-order valence-electron chi connectivity index (χ4n) is 10.8. The van der Waals surface area contributed by atoms with Crippen LogP contribution in [0.5, 0.6) is 5.75 Å². The van der Waals surface area contributed by atoms with Crippen molar-refractivity contribution < 1.29 is 43.1 Å². The molecule has 6 bridgehead atoms. The van der Waals surface area contributed by atoms with Crippen molar-refractivity contribution in [1.82, 2.24) is 30.1 Å². The van der Waals surface area contributed by atoms with Gasteiger partial charge in [0, 0.05) is 64.6 Å².